The summed E-state index contributed by atoms with van der Waals surface area (Å²) in [6.45, 7) is 0. The molecule has 0 radical (unpaired) electrons. The predicted molar refractivity (Wildman–Crippen MR) is 126 cm³/mol. The Morgan fingerprint density at radius 3 is 2.45 bits per heavy atom. The fourth-order valence-corrected chi connectivity index (χ4v) is 4.16. The highest BCUT2D eigenvalue weighted by atomic mass is 35.5. The fraction of sp³-hybridized carbons (Fsp3) is 0.0455. The van der Waals surface area contributed by atoms with Crippen LogP contribution in [0, 0.1) is 0 Å². The summed E-state index contributed by atoms with van der Waals surface area (Å²) < 4.78 is 1.40. The minimum atomic E-state index is -0.156. The number of aromatic nitrogens is 3. The zero-order valence-electron chi connectivity index (χ0n) is 16.1. The summed E-state index contributed by atoms with van der Waals surface area (Å²) in [5.74, 6) is 7.08. The minimum Gasteiger partial charge on any atom is -0.335 e. The predicted octanol–water partition coefficient (Wildman–Crippen LogP) is 5.51. The van der Waals surface area contributed by atoms with Crippen LogP contribution >= 0.6 is 35.0 Å². The molecule has 0 fully saturated rings. The van der Waals surface area contributed by atoms with Crippen LogP contribution in [-0.4, -0.2) is 20.8 Å². The number of hydrogen-bond donors (Lipinski definition) is 2. The number of nitrogens with two attached hydrogens (primary N) is 1. The third-order valence-corrected chi connectivity index (χ3v) is 6.01. The molecule has 0 aliphatic carbocycles. The van der Waals surface area contributed by atoms with E-state index in [2.05, 4.69) is 15.5 Å². The second-order valence-electron chi connectivity index (χ2n) is 6.61. The standard InChI is InChI=1S/C22H17Cl2N5OS/c23-16-10-11-18(19(24)12-16)20-27-28-22(29(20)25)31-13-14-6-8-15(9-7-14)21(30)26-17-4-2-1-3-5-17/h1-12H,13,25H2,(H,26,30). The van der Waals surface area contributed by atoms with Crippen LogP contribution in [-0.2, 0) is 5.75 Å². The lowest BCUT2D eigenvalue weighted by Gasteiger charge is -2.07. The molecule has 0 aliphatic rings. The van der Waals surface area contributed by atoms with Crippen molar-refractivity contribution in [3.63, 3.8) is 0 Å². The fourth-order valence-electron chi connectivity index (χ4n) is 2.85. The smallest absolute Gasteiger partial charge is 0.255 e. The third-order valence-electron chi connectivity index (χ3n) is 4.45. The van der Waals surface area contributed by atoms with Gasteiger partial charge in [0, 0.05) is 27.6 Å². The highest BCUT2D eigenvalue weighted by Gasteiger charge is 2.15. The topological polar surface area (TPSA) is 85.8 Å². The van der Waals surface area contributed by atoms with E-state index in [0.29, 0.717) is 37.9 Å². The van der Waals surface area contributed by atoms with E-state index >= 15 is 0 Å². The number of nitrogens with one attached hydrogen (secondary N) is 1. The Bertz CT molecular complexity index is 1210. The lowest BCUT2D eigenvalue weighted by atomic mass is 10.1. The van der Waals surface area contributed by atoms with E-state index in [1.54, 1.807) is 30.3 Å². The van der Waals surface area contributed by atoms with Gasteiger partial charge >= 0.3 is 0 Å². The van der Waals surface area contributed by atoms with Crippen molar-refractivity contribution >= 4 is 46.6 Å². The Balaban J connectivity index is 1.41. The molecule has 0 spiro atoms. The Hall–Kier alpha value is -3.00. The van der Waals surface area contributed by atoms with Crippen LogP contribution in [0.25, 0.3) is 11.4 Å². The Morgan fingerprint density at radius 1 is 1.00 bits per heavy atom. The quantitative estimate of drug-likeness (QED) is 0.287. The maximum atomic E-state index is 12.4. The average molecular weight is 470 g/mol. The van der Waals surface area contributed by atoms with E-state index in [4.69, 9.17) is 29.0 Å². The summed E-state index contributed by atoms with van der Waals surface area (Å²) in [6.07, 6.45) is 0. The van der Waals surface area contributed by atoms with Gasteiger partial charge in [-0.15, -0.1) is 10.2 Å². The second-order valence-corrected chi connectivity index (χ2v) is 8.39. The largest absolute Gasteiger partial charge is 0.335 e. The van der Waals surface area contributed by atoms with Crippen LogP contribution in [0.2, 0.25) is 10.0 Å². The van der Waals surface area contributed by atoms with Gasteiger partial charge in [0.25, 0.3) is 5.91 Å². The molecule has 4 rings (SSSR count). The van der Waals surface area contributed by atoms with Crippen molar-refractivity contribution in [3.8, 4) is 11.4 Å². The minimum absolute atomic E-state index is 0.156. The molecular weight excluding hydrogens is 453 g/mol. The monoisotopic (exact) mass is 469 g/mol. The van der Waals surface area contributed by atoms with Gasteiger partial charge in [-0.25, -0.2) is 4.68 Å². The molecule has 31 heavy (non-hydrogen) atoms. The van der Waals surface area contributed by atoms with Gasteiger partial charge in [0.1, 0.15) is 0 Å². The number of nitrogens with zero attached hydrogens (tertiary/aromatic N) is 3. The molecule has 0 bridgehead atoms. The molecule has 1 heterocycles. The summed E-state index contributed by atoms with van der Waals surface area (Å²) in [5.41, 5.74) is 3.02. The Morgan fingerprint density at radius 2 is 1.74 bits per heavy atom. The number of halogens is 2. The number of anilines is 1. The summed E-state index contributed by atoms with van der Waals surface area (Å²) in [7, 11) is 0. The number of carbonyl (C=O) groups excluding carboxylic acids is 1. The summed E-state index contributed by atoms with van der Waals surface area (Å²) in [6, 6.07) is 21.8. The van der Waals surface area contributed by atoms with Gasteiger partial charge in [0.15, 0.2) is 5.82 Å². The van der Waals surface area contributed by atoms with Crippen molar-refractivity contribution in [1.82, 2.24) is 14.9 Å². The SMILES string of the molecule is Nn1c(SCc2ccc(C(=O)Nc3ccccc3)cc2)nnc1-c1ccc(Cl)cc1Cl. The molecule has 0 saturated heterocycles. The van der Waals surface area contributed by atoms with E-state index < -0.39 is 0 Å². The number of nitrogen functional groups attached to an aromatic ring is 1. The van der Waals surface area contributed by atoms with E-state index in [-0.39, 0.29) is 5.91 Å². The van der Waals surface area contributed by atoms with Gasteiger partial charge in [-0.05, 0) is 48.0 Å². The lowest BCUT2D eigenvalue weighted by molar-refractivity contribution is 0.102. The van der Waals surface area contributed by atoms with Crippen molar-refractivity contribution in [2.45, 2.75) is 10.9 Å². The van der Waals surface area contributed by atoms with Crippen molar-refractivity contribution in [1.29, 1.82) is 0 Å². The molecule has 9 heteroatoms. The van der Waals surface area contributed by atoms with Gasteiger partial charge in [-0.1, -0.05) is 65.3 Å². The lowest BCUT2D eigenvalue weighted by Crippen LogP contribution is -2.12. The highest BCUT2D eigenvalue weighted by Crippen LogP contribution is 2.30. The normalized spacial score (nSPS) is 10.8. The maximum Gasteiger partial charge on any atom is 0.255 e. The van der Waals surface area contributed by atoms with Gasteiger partial charge in [0.05, 0.1) is 5.02 Å². The van der Waals surface area contributed by atoms with Crippen molar-refractivity contribution in [2.24, 2.45) is 0 Å². The van der Waals surface area contributed by atoms with Crippen LogP contribution in [0.5, 0.6) is 0 Å². The van der Waals surface area contributed by atoms with Gasteiger partial charge < -0.3 is 11.2 Å². The van der Waals surface area contributed by atoms with Crippen LogP contribution in [0.4, 0.5) is 5.69 Å². The van der Waals surface area contributed by atoms with Crippen LogP contribution in [0.15, 0.2) is 78.0 Å². The molecule has 0 aliphatic heterocycles. The third kappa shape index (κ3) is 5.02. The Labute approximate surface area is 193 Å². The molecule has 156 valence electrons. The molecule has 0 atom stereocenters. The van der Waals surface area contributed by atoms with Crippen molar-refractivity contribution in [3.05, 3.63) is 94.0 Å². The highest BCUT2D eigenvalue weighted by molar-refractivity contribution is 7.98. The molecule has 6 nitrogen and oxygen atoms in total. The van der Waals surface area contributed by atoms with Crippen LogP contribution in [0.3, 0.4) is 0 Å². The zero-order chi connectivity index (χ0) is 21.8. The van der Waals surface area contributed by atoms with Gasteiger partial charge in [-0.2, -0.15) is 0 Å². The number of amides is 1. The maximum absolute atomic E-state index is 12.4. The summed E-state index contributed by atoms with van der Waals surface area (Å²) in [5, 5.41) is 12.7. The number of benzene rings is 3. The number of rotatable bonds is 6. The second kappa shape index (κ2) is 9.43. The van der Waals surface area contributed by atoms with Crippen LogP contribution in [0.1, 0.15) is 15.9 Å². The summed E-state index contributed by atoms with van der Waals surface area (Å²) >= 11 is 13.6. The zero-order valence-corrected chi connectivity index (χ0v) is 18.5. The van der Waals surface area contributed by atoms with Gasteiger partial charge in [-0.3, -0.25) is 4.79 Å². The average Bonchev–Trinajstić information content (AvgIpc) is 3.13. The molecule has 1 aromatic heterocycles. The first kappa shape index (κ1) is 21.2. The van der Waals surface area contributed by atoms with Crippen molar-refractivity contribution in [2.75, 3.05) is 11.2 Å². The molecule has 0 saturated carbocycles. The number of para-hydroxylation sites is 1. The van der Waals surface area contributed by atoms with E-state index in [0.717, 1.165) is 11.3 Å². The number of hydrogen-bond acceptors (Lipinski definition) is 5. The van der Waals surface area contributed by atoms with E-state index in [9.17, 15) is 4.79 Å². The van der Waals surface area contributed by atoms with Crippen molar-refractivity contribution < 1.29 is 4.79 Å². The Kier molecular flexibility index (Phi) is 6.46. The molecule has 3 aromatic carbocycles. The number of carbonyl (C=O) groups is 1. The first-order valence-corrected chi connectivity index (χ1v) is 11.0. The van der Waals surface area contributed by atoms with Gasteiger partial charge in [0.2, 0.25) is 5.16 Å². The summed E-state index contributed by atoms with van der Waals surface area (Å²) in [4.78, 5) is 12.4. The molecule has 4 aromatic rings. The number of thioether (sulfide) groups is 1. The first-order valence-electron chi connectivity index (χ1n) is 9.25. The van der Waals surface area contributed by atoms with E-state index in [1.807, 2.05) is 42.5 Å². The van der Waals surface area contributed by atoms with Crippen LogP contribution < -0.4 is 11.2 Å². The molecule has 0 unspecified atom stereocenters. The van der Waals surface area contributed by atoms with E-state index in [1.165, 1.54) is 16.4 Å². The molecule has 3 N–H and O–H groups in total. The molecular formula is C22H17Cl2N5OS. The first-order chi connectivity index (χ1) is 15.0. The molecule has 1 amide bonds.